The molecule has 0 aliphatic rings. The largest absolute Gasteiger partial charge is 0.480 e. The molecule has 3 rings (SSSR count). The zero-order valence-corrected chi connectivity index (χ0v) is 15.4. The first-order valence-electron chi connectivity index (χ1n) is 7.71. The Hall–Kier alpha value is -2.45. The first-order valence-corrected chi connectivity index (χ1v) is 8.53. The van der Waals surface area contributed by atoms with Crippen molar-refractivity contribution in [2.45, 2.75) is 19.4 Å². The SMILES string of the molecule is COC(=O)c1sc2ccc3nc(OC)cnc3c2c1NCC(C)(C)N. The Morgan fingerprint density at radius 1 is 1.36 bits per heavy atom. The molecular weight excluding hydrogens is 340 g/mol. The Labute approximate surface area is 149 Å². The number of hydrogen-bond acceptors (Lipinski definition) is 8. The number of benzene rings is 1. The summed E-state index contributed by atoms with van der Waals surface area (Å²) in [6.07, 6.45) is 1.56. The quantitative estimate of drug-likeness (QED) is 0.675. The van der Waals surface area contributed by atoms with Crippen molar-refractivity contribution >= 4 is 44.1 Å². The number of nitrogens with two attached hydrogens (primary N) is 1. The number of ether oxygens (including phenoxy) is 2. The third-order valence-electron chi connectivity index (χ3n) is 3.64. The van der Waals surface area contributed by atoms with Gasteiger partial charge in [-0.1, -0.05) is 0 Å². The van der Waals surface area contributed by atoms with Crippen molar-refractivity contribution in [3.05, 3.63) is 23.2 Å². The number of anilines is 1. The highest BCUT2D eigenvalue weighted by Crippen LogP contribution is 2.40. The molecule has 0 saturated heterocycles. The van der Waals surface area contributed by atoms with Crippen LogP contribution in [-0.2, 0) is 4.74 Å². The van der Waals surface area contributed by atoms with Gasteiger partial charge in [0, 0.05) is 22.2 Å². The van der Waals surface area contributed by atoms with Gasteiger partial charge in [-0.2, -0.15) is 0 Å². The summed E-state index contributed by atoms with van der Waals surface area (Å²) in [6.45, 7) is 4.31. The Morgan fingerprint density at radius 3 is 2.76 bits per heavy atom. The lowest BCUT2D eigenvalue weighted by atomic mass is 10.1. The van der Waals surface area contributed by atoms with Gasteiger partial charge in [0.25, 0.3) is 0 Å². The van der Waals surface area contributed by atoms with Crippen molar-refractivity contribution in [1.82, 2.24) is 9.97 Å². The number of nitrogens with zero attached hydrogens (tertiary/aromatic N) is 2. The highest BCUT2D eigenvalue weighted by atomic mass is 32.1. The Bertz CT molecular complexity index is 946. The average molecular weight is 360 g/mol. The van der Waals surface area contributed by atoms with E-state index in [-0.39, 0.29) is 0 Å². The van der Waals surface area contributed by atoms with E-state index in [1.165, 1.54) is 18.4 Å². The van der Waals surface area contributed by atoms with Gasteiger partial charge in [0.15, 0.2) is 0 Å². The van der Waals surface area contributed by atoms with Gasteiger partial charge in [-0.25, -0.2) is 14.8 Å². The zero-order chi connectivity index (χ0) is 18.2. The average Bonchev–Trinajstić information content (AvgIpc) is 2.97. The molecule has 25 heavy (non-hydrogen) atoms. The van der Waals surface area contributed by atoms with Gasteiger partial charge in [0.1, 0.15) is 4.88 Å². The van der Waals surface area contributed by atoms with Crippen molar-refractivity contribution in [2.24, 2.45) is 5.73 Å². The molecule has 2 heterocycles. The fourth-order valence-electron chi connectivity index (χ4n) is 2.47. The number of nitrogens with one attached hydrogen (secondary N) is 1. The summed E-state index contributed by atoms with van der Waals surface area (Å²) in [6, 6.07) is 3.78. The molecule has 0 bridgehead atoms. The summed E-state index contributed by atoms with van der Waals surface area (Å²) < 4.78 is 11.0. The zero-order valence-electron chi connectivity index (χ0n) is 14.5. The molecule has 7 nitrogen and oxygen atoms in total. The van der Waals surface area contributed by atoms with E-state index >= 15 is 0 Å². The Kier molecular flexibility index (Phi) is 4.49. The number of rotatable bonds is 5. The third kappa shape index (κ3) is 3.35. The van der Waals surface area contributed by atoms with Gasteiger partial charge in [-0.3, -0.25) is 0 Å². The van der Waals surface area contributed by atoms with Crippen molar-refractivity contribution < 1.29 is 14.3 Å². The monoisotopic (exact) mass is 360 g/mol. The lowest BCUT2D eigenvalue weighted by molar-refractivity contribution is 0.0607. The van der Waals surface area contributed by atoms with Crippen molar-refractivity contribution in [1.29, 1.82) is 0 Å². The van der Waals surface area contributed by atoms with E-state index in [2.05, 4.69) is 15.3 Å². The van der Waals surface area contributed by atoms with E-state index in [0.717, 1.165) is 10.1 Å². The molecule has 0 unspecified atom stereocenters. The van der Waals surface area contributed by atoms with Crippen LogP contribution in [0.25, 0.3) is 21.1 Å². The topological polar surface area (TPSA) is 99.4 Å². The summed E-state index contributed by atoms with van der Waals surface area (Å²) in [5.41, 5.74) is 7.71. The maximum absolute atomic E-state index is 12.2. The number of carbonyl (C=O) groups excluding carboxylic acids is 1. The second-order valence-electron chi connectivity index (χ2n) is 6.36. The number of carbonyl (C=O) groups is 1. The Morgan fingerprint density at radius 2 is 2.12 bits per heavy atom. The normalized spacial score (nSPS) is 11.7. The fourth-order valence-corrected chi connectivity index (χ4v) is 3.57. The van der Waals surface area contributed by atoms with Crippen LogP contribution in [0.5, 0.6) is 5.88 Å². The molecule has 0 spiro atoms. The maximum Gasteiger partial charge on any atom is 0.350 e. The summed E-state index contributed by atoms with van der Waals surface area (Å²) >= 11 is 1.36. The van der Waals surface area contributed by atoms with Crippen molar-refractivity contribution in [3.8, 4) is 5.88 Å². The standard InChI is InChI=1S/C17H20N4O3S/c1-17(2,18)8-20-14-12-10(25-15(14)16(22)24-4)6-5-9-13(12)19-7-11(21-9)23-3/h5-7,20H,8,18H2,1-4H3. The highest BCUT2D eigenvalue weighted by molar-refractivity contribution is 7.21. The molecule has 3 N–H and O–H groups in total. The minimum atomic E-state index is -0.443. The summed E-state index contributed by atoms with van der Waals surface area (Å²) in [5, 5.41) is 4.13. The molecular formula is C17H20N4O3S. The van der Waals surface area contributed by atoms with E-state index in [4.69, 9.17) is 15.2 Å². The number of esters is 1. The molecule has 1 aromatic carbocycles. The molecule has 0 aliphatic carbocycles. The summed E-state index contributed by atoms with van der Waals surface area (Å²) in [7, 11) is 2.91. The van der Waals surface area contributed by atoms with E-state index < -0.39 is 11.5 Å². The van der Waals surface area contributed by atoms with Crippen LogP contribution >= 0.6 is 11.3 Å². The molecule has 0 amide bonds. The first-order chi connectivity index (χ1) is 11.8. The molecule has 0 fully saturated rings. The molecule has 132 valence electrons. The van der Waals surface area contributed by atoms with E-state index in [1.54, 1.807) is 13.3 Å². The van der Waals surface area contributed by atoms with Crippen molar-refractivity contribution in [3.63, 3.8) is 0 Å². The molecule has 0 aliphatic heterocycles. The van der Waals surface area contributed by atoms with E-state index in [9.17, 15) is 4.79 Å². The predicted molar refractivity (Wildman–Crippen MR) is 99.6 cm³/mol. The smallest absolute Gasteiger partial charge is 0.350 e. The van der Waals surface area contributed by atoms with Gasteiger partial charge >= 0.3 is 5.97 Å². The molecule has 0 saturated carbocycles. The van der Waals surface area contributed by atoms with Crippen LogP contribution in [-0.4, -0.2) is 42.2 Å². The second-order valence-corrected chi connectivity index (χ2v) is 7.41. The molecule has 8 heteroatoms. The lowest BCUT2D eigenvalue weighted by Gasteiger charge is -2.20. The lowest BCUT2D eigenvalue weighted by Crippen LogP contribution is -2.39. The van der Waals surface area contributed by atoms with E-state index in [0.29, 0.717) is 34.0 Å². The molecule has 2 aromatic heterocycles. The van der Waals surface area contributed by atoms with Crippen LogP contribution in [0, 0.1) is 0 Å². The summed E-state index contributed by atoms with van der Waals surface area (Å²) in [5.74, 6) is 0.0426. The number of thiophene rings is 1. The summed E-state index contributed by atoms with van der Waals surface area (Å²) in [4.78, 5) is 21.6. The second kappa shape index (κ2) is 6.45. The van der Waals surface area contributed by atoms with Crippen molar-refractivity contribution in [2.75, 3.05) is 26.1 Å². The van der Waals surface area contributed by atoms with Gasteiger partial charge < -0.3 is 20.5 Å². The molecule has 0 radical (unpaired) electrons. The predicted octanol–water partition coefficient (Wildman–Crippen LogP) is 2.79. The first kappa shape index (κ1) is 17.4. The highest BCUT2D eigenvalue weighted by Gasteiger charge is 2.23. The van der Waals surface area contributed by atoms with Gasteiger partial charge in [0.2, 0.25) is 5.88 Å². The van der Waals surface area contributed by atoms with Gasteiger partial charge in [-0.05, 0) is 26.0 Å². The molecule has 3 aromatic rings. The van der Waals surface area contributed by atoms with Gasteiger partial charge in [0.05, 0.1) is 37.1 Å². The number of methoxy groups -OCH3 is 2. The third-order valence-corrected chi connectivity index (χ3v) is 4.78. The van der Waals surface area contributed by atoms with Gasteiger partial charge in [-0.15, -0.1) is 11.3 Å². The number of aromatic nitrogens is 2. The minimum absolute atomic E-state index is 0.395. The Balaban J connectivity index is 2.25. The fraction of sp³-hybridized carbons (Fsp3) is 0.353. The number of fused-ring (bicyclic) bond motifs is 3. The van der Waals surface area contributed by atoms with Crippen LogP contribution in [0.15, 0.2) is 18.3 Å². The van der Waals surface area contributed by atoms with Crippen LogP contribution in [0.3, 0.4) is 0 Å². The van der Waals surface area contributed by atoms with Crippen LogP contribution < -0.4 is 15.8 Å². The van der Waals surface area contributed by atoms with Crippen LogP contribution in [0.1, 0.15) is 23.5 Å². The minimum Gasteiger partial charge on any atom is -0.480 e. The number of hydrogen-bond donors (Lipinski definition) is 2. The van der Waals surface area contributed by atoms with Crippen LogP contribution in [0.2, 0.25) is 0 Å². The molecule has 0 atom stereocenters. The van der Waals surface area contributed by atoms with Crippen LogP contribution in [0.4, 0.5) is 5.69 Å². The van der Waals surface area contributed by atoms with E-state index in [1.807, 2.05) is 26.0 Å². The maximum atomic E-state index is 12.2.